The number of carbonyl (C=O) groups is 1. The first-order valence-corrected chi connectivity index (χ1v) is 16.5. The minimum Gasteiger partial charge on any atom is -0.489 e. The molecule has 0 aliphatic rings. The fraction of sp³-hybridized carbons (Fsp3) is 0.250. The molecule has 4 aromatic rings. The van der Waals surface area contributed by atoms with E-state index in [1.54, 1.807) is 25.1 Å². The van der Waals surface area contributed by atoms with Gasteiger partial charge in [-0.05, 0) is 86.2 Å². The number of hydrogen-bond acceptors (Lipinski definition) is 7. The van der Waals surface area contributed by atoms with E-state index in [-0.39, 0.29) is 37.2 Å². The van der Waals surface area contributed by atoms with Gasteiger partial charge in [0.25, 0.3) is 15.7 Å². The van der Waals surface area contributed by atoms with Gasteiger partial charge >= 0.3 is 5.97 Å². The molecule has 47 heavy (non-hydrogen) atoms. The molecule has 0 heterocycles. The molecule has 11 heteroatoms. The number of nitrogens with zero attached hydrogens (tertiary/aromatic N) is 2. The van der Waals surface area contributed by atoms with Gasteiger partial charge in [-0.1, -0.05) is 66.2 Å². The Bertz CT molecular complexity index is 1870. The topological polar surface area (TPSA) is 116 Å². The number of para-hydroxylation sites is 1. The van der Waals surface area contributed by atoms with E-state index >= 15 is 4.39 Å². The van der Waals surface area contributed by atoms with Crippen molar-refractivity contribution in [2.75, 3.05) is 10.9 Å². The van der Waals surface area contributed by atoms with Gasteiger partial charge in [0, 0.05) is 12.5 Å². The van der Waals surface area contributed by atoms with Crippen molar-refractivity contribution >= 4 is 27.4 Å². The number of carbonyl (C=O) groups excluding carboxylic acids is 1. The first-order chi connectivity index (χ1) is 22.4. The average molecular weight is 661 g/mol. The lowest BCUT2D eigenvalue weighted by atomic mass is 10.0. The fourth-order valence-electron chi connectivity index (χ4n) is 4.97. The van der Waals surface area contributed by atoms with Gasteiger partial charge in [-0.25, -0.2) is 12.8 Å². The molecule has 0 spiro atoms. The molecule has 0 radical (unpaired) electrons. The number of nitro benzene ring substituents is 1. The monoisotopic (exact) mass is 660 g/mol. The smallest absolute Gasteiger partial charge is 0.306 e. The van der Waals surface area contributed by atoms with Gasteiger partial charge < -0.3 is 9.47 Å². The van der Waals surface area contributed by atoms with Crippen molar-refractivity contribution in [3.63, 3.8) is 0 Å². The van der Waals surface area contributed by atoms with E-state index in [0.29, 0.717) is 24.3 Å². The summed E-state index contributed by atoms with van der Waals surface area (Å²) in [7, 11) is -4.58. The van der Waals surface area contributed by atoms with E-state index < -0.39 is 37.3 Å². The van der Waals surface area contributed by atoms with Gasteiger partial charge in [0.15, 0.2) is 4.90 Å². The quantitative estimate of drug-likeness (QED) is 0.0557. The van der Waals surface area contributed by atoms with Crippen LogP contribution in [-0.2, 0) is 45.5 Å². The molecule has 9 nitrogen and oxygen atoms in total. The number of anilines is 1. The molecule has 0 amide bonds. The summed E-state index contributed by atoms with van der Waals surface area (Å²) in [5.41, 5.74) is 3.83. The van der Waals surface area contributed by atoms with Crippen LogP contribution in [0.25, 0.3) is 0 Å². The molecule has 0 bridgehead atoms. The maximum absolute atomic E-state index is 15.4. The third-order valence-electron chi connectivity index (χ3n) is 7.32. The predicted octanol–water partition coefficient (Wildman–Crippen LogP) is 7.63. The largest absolute Gasteiger partial charge is 0.489 e. The Morgan fingerprint density at radius 2 is 1.68 bits per heavy atom. The normalized spacial score (nSPS) is 11.1. The van der Waals surface area contributed by atoms with E-state index in [2.05, 4.69) is 6.58 Å². The summed E-state index contributed by atoms with van der Waals surface area (Å²) in [4.78, 5) is 22.4. The lowest BCUT2D eigenvalue weighted by molar-refractivity contribution is -0.387. The van der Waals surface area contributed by atoms with Crippen LogP contribution in [0.5, 0.6) is 5.75 Å². The lowest BCUT2D eigenvalue weighted by Crippen LogP contribution is -2.31. The van der Waals surface area contributed by atoms with Crippen LogP contribution in [0.15, 0.2) is 102 Å². The summed E-state index contributed by atoms with van der Waals surface area (Å²) >= 11 is 0. The van der Waals surface area contributed by atoms with E-state index in [4.69, 9.17) is 9.47 Å². The lowest BCUT2D eigenvalue weighted by Gasteiger charge is -2.25. The minimum absolute atomic E-state index is 0.0401. The van der Waals surface area contributed by atoms with Crippen molar-refractivity contribution in [2.24, 2.45) is 0 Å². The summed E-state index contributed by atoms with van der Waals surface area (Å²) in [6.45, 7) is 9.82. The number of halogens is 1. The van der Waals surface area contributed by atoms with Crippen molar-refractivity contribution in [3.8, 4) is 5.75 Å². The molecule has 0 saturated carbocycles. The average Bonchev–Trinajstić information content (AvgIpc) is 3.03. The maximum Gasteiger partial charge on any atom is 0.306 e. The second-order valence-electron chi connectivity index (χ2n) is 11.2. The van der Waals surface area contributed by atoms with Crippen LogP contribution in [0.2, 0.25) is 0 Å². The summed E-state index contributed by atoms with van der Waals surface area (Å²) < 4.78 is 55.7. The molecule has 246 valence electrons. The number of allylic oxidation sites excluding steroid dienone is 1. The van der Waals surface area contributed by atoms with Gasteiger partial charge in [-0.15, -0.1) is 0 Å². The van der Waals surface area contributed by atoms with Crippen LogP contribution in [0.3, 0.4) is 0 Å². The van der Waals surface area contributed by atoms with Crippen LogP contribution >= 0.6 is 0 Å². The highest BCUT2D eigenvalue weighted by molar-refractivity contribution is 7.93. The van der Waals surface area contributed by atoms with Crippen LogP contribution < -0.4 is 9.04 Å². The molecular formula is C36H37FN2O7S. The van der Waals surface area contributed by atoms with Gasteiger partial charge in [-0.2, -0.15) is 0 Å². The number of sulfonamides is 1. The summed E-state index contributed by atoms with van der Waals surface area (Å²) in [5, 5.41) is 11.8. The zero-order chi connectivity index (χ0) is 34.1. The van der Waals surface area contributed by atoms with E-state index in [1.165, 1.54) is 24.3 Å². The van der Waals surface area contributed by atoms with Crippen molar-refractivity contribution < 1.29 is 32.0 Å². The van der Waals surface area contributed by atoms with Crippen molar-refractivity contribution in [1.29, 1.82) is 0 Å². The number of aryl methyl sites for hydroxylation is 2. The highest BCUT2D eigenvalue weighted by atomic mass is 32.2. The molecular weight excluding hydrogens is 623 g/mol. The van der Waals surface area contributed by atoms with Crippen LogP contribution in [-0.4, -0.2) is 25.9 Å². The highest BCUT2D eigenvalue weighted by Gasteiger charge is 2.32. The fourth-order valence-corrected chi connectivity index (χ4v) is 6.58. The second kappa shape index (κ2) is 15.5. The standard InChI is InChI=1S/C36H37FN2O7S/c1-5-45-36(40)19-16-29-15-17-31(22-32(29)37)38(47(43,44)35-9-7-6-8-33(35)39(41)42)23-28-14-18-34(30(21-28)20-25(2)3)46-24-27-12-10-26(4)11-13-27/h6-15,17-18,21-22H,2,5,16,19-20,23-24H2,1,3-4H3. The predicted molar refractivity (Wildman–Crippen MR) is 178 cm³/mol. The SMILES string of the molecule is C=C(C)Cc1cc(CN(c2ccc(CCC(=O)OCC)c(F)c2)S(=O)(=O)c2ccccc2[N+](=O)[O-])ccc1OCc1ccc(C)cc1. The van der Waals surface area contributed by atoms with Gasteiger partial charge in [-0.3, -0.25) is 19.2 Å². The summed E-state index contributed by atoms with van der Waals surface area (Å²) in [5.74, 6) is -0.603. The Kier molecular flexibility index (Phi) is 11.5. The number of ether oxygens (including phenoxy) is 2. The first-order valence-electron chi connectivity index (χ1n) is 15.0. The van der Waals surface area contributed by atoms with Gasteiger partial charge in [0.05, 0.1) is 23.8 Å². The molecule has 4 rings (SSSR count). The number of benzene rings is 4. The molecule has 0 aliphatic heterocycles. The second-order valence-corrected chi connectivity index (χ2v) is 13.0. The molecule has 0 aliphatic carbocycles. The Hall–Kier alpha value is -5.03. The molecule has 0 atom stereocenters. The first kappa shape index (κ1) is 34.8. The Morgan fingerprint density at radius 1 is 0.979 bits per heavy atom. The molecule has 0 N–H and O–H groups in total. The molecule has 0 saturated heterocycles. The maximum atomic E-state index is 15.4. The summed E-state index contributed by atoms with van der Waals surface area (Å²) in [6, 6.07) is 22.1. The van der Waals surface area contributed by atoms with Crippen LogP contribution in [0, 0.1) is 22.9 Å². The summed E-state index contributed by atoms with van der Waals surface area (Å²) in [6.07, 6.45) is 0.458. The van der Waals surface area contributed by atoms with Gasteiger partial charge in [0.1, 0.15) is 18.2 Å². The number of esters is 1. The van der Waals surface area contributed by atoms with Crippen LogP contribution in [0.1, 0.15) is 48.1 Å². The minimum atomic E-state index is -4.58. The van der Waals surface area contributed by atoms with E-state index in [1.807, 2.05) is 38.1 Å². The zero-order valence-electron chi connectivity index (χ0n) is 26.6. The van der Waals surface area contributed by atoms with Crippen molar-refractivity contribution in [1.82, 2.24) is 0 Å². The molecule has 0 fully saturated rings. The molecule has 0 aromatic heterocycles. The molecule has 4 aromatic carbocycles. The number of hydrogen-bond donors (Lipinski definition) is 0. The van der Waals surface area contributed by atoms with E-state index in [0.717, 1.165) is 44.8 Å². The third-order valence-corrected chi connectivity index (χ3v) is 9.14. The Labute approximate surface area is 274 Å². The van der Waals surface area contributed by atoms with Crippen molar-refractivity contribution in [2.45, 2.75) is 58.1 Å². The third kappa shape index (κ3) is 9.04. The molecule has 0 unspecified atom stereocenters. The Morgan fingerprint density at radius 3 is 2.34 bits per heavy atom. The van der Waals surface area contributed by atoms with Gasteiger partial charge in [0.2, 0.25) is 0 Å². The highest BCUT2D eigenvalue weighted by Crippen LogP contribution is 2.33. The Balaban J connectivity index is 1.73. The zero-order valence-corrected chi connectivity index (χ0v) is 27.4. The van der Waals surface area contributed by atoms with E-state index in [9.17, 15) is 23.3 Å². The number of nitro groups is 1. The number of rotatable bonds is 15. The van der Waals surface area contributed by atoms with Crippen LogP contribution in [0.4, 0.5) is 15.8 Å². The van der Waals surface area contributed by atoms with Crippen molar-refractivity contribution in [3.05, 3.63) is 141 Å².